The van der Waals surface area contributed by atoms with E-state index in [-0.39, 0.29) is 5.91 Å². The Hall–Kier alpha value is -1.44. The molecule has 0 fully saturated rings. The summed E-state index contributed by atoms with van der Waals surface area (Å²) in [7, 11) is 0. The first-order chi connectivity index (χ1) is 11.7. The number of hydrogen-bond donors (Lipinski definition) is 0. The van der Waals surface area contributed by atoms with Crippen LogP contribution in [0.4, 0.5) is 5.13 Å². The van der Waals surface area contributed by atoms with Crippen LogP contribution >= 0.6 is 34.0 Å². The first-order valence-electron chi connectivity index (χ1n) is 8.13. The molecule has 4 nitrogen and oxygen atoms in total. The molecular formula is C17H21N3OS3. The Bertz CT molecular complexity index is 771. The maximum absolute atomic E-state index is 12.8. The minimum absolute atomic E-state index is 0.102. The van der Waals surface area contributed by atoms with Gasteiger partial charge in [0.25, 0.3) is 5.91 Å². The van der Waals surface area contributed by atoms with Crippen LogP contribution in [0.15, 0.2) is 23.6 Å². The fourth-order valence-corrected chi connectivity index (χ4v) is 5.56. The average Bonchev–Trinajstić information content (AvgIpc) is 3.29. The molecular weight excluding hydrogens is 358 g/mol. The lowest BCUT2D eigenvalue weighted by Gasteiger charge is -2.19. The SMILES string of the molecule is CCN(Cc1cccs1)C(=O)c1cc2sc(N(CC)CC)nc2s1. The molecule has 0 radical (unpaired) electrons. The summed E-state index contributed by atoms with van der Waals surface area (Å²) in [5, 5.41) is 3.10. The van der Waals surface area contributed by atoms with Gasteiger partial charge in [-0.25, -0.2) is 4.98 Å². The highest BCUT2D eigenvalue weighted by molar-refractivity contribution is 7.29. The van der Waals surface area contributed by atoms with Gasteiger partial charge in [0.2, 0.25) is 0 Å². The predicted molar refractivity (Wildman–Crippen MR) is 106 cm³/mol. The van der Waals surface area contributed by atoms with Crippen LogP contribution in [-0.2, 0) is 6.54 Å². The molecule has 128 valence electrons. The number of amides is 1. The van der Waals surface area contributed by atoms with Crippen molar-refractivity contribution in [3.8, 4) is 0 Å². The van der Waals surface area contributed by atoms with E-state index in [1.165, 1.54) is 16.2 Å². The highest BCUT2D eigenvalue weighted by Gasteiger charge is 2.20. The van der Waals surface area contributed by atoms with Crippen molar-refractivity contribution in [3.63, 3.8) is 0 Å². The Kier molecular flexibility index (Phi) is 5.53. The summed E-state index contributed by atoms with van der Waals surface area (Å²) in [4.78, 5) is 24.6. The summed E-state index contributed by atoms with van der Waals surface area (Å²) < 4.78 is 1.11. The van der Waals surface area contributed by atoms with Crippen molar-refractivity contribution in [3.05, 3.63) is 33.3 Å². The highest BCUT2D eigenvalue weighted by Crippen LogP contribution is 2.35. The van der Waals surface area contributed by atoms with Gasteiger partial charge in [0.15, 0.2) is 5.13 Å². The van der Waals surface area contributed by atoms with Crippen molar-refractivity contribution in [2.75, 3.05) is 24.5 Å². The maximum atomic E-state index is 12.8. The Balaban J connectivity index is 1.80. The predicted octanol–water partition coefficient (Wildman–Crippen LogP) is 4.93. The molecule has 7 heteroatoms. The maximum Gasteiger partial charge on any atom is 0.264 e. The van der Waals surface area contributed by atoms with Gasteiger partial charge in [-0.3, -0.25) is 4.79 Å². The molecule has 3 aromatic rings. The average molecular weight is 380 g/mol. The molecule has 24 heavy (non-hydrogen) atoms. The van der Waals surface area contributed by atoms with Crippen LogP contribution < -0.4 is 4.90 Å². The number of thiophene rings is 2. The lowest BCUT2D eigenvalue weighted by atomic mass is 10.3. The molecule has 0 aliphatic heterocycles. The van der Waals surface area contributed by atoms with Gasteiger partial charge >= 0.3 is 0 Å². The summed E-state index contributed by atoms with van der Waals surface area (Å²) in [5.74, 6) is 0.102. The van der Waals surface area contributed by atoms with Crippen LogP contribution in [0, 0.1) is 0 Å². The minimum atomic E-state index is 0.102. The molecule has 0 bridgehead atoms. The van der Waals surface area contributed by atoms with Gasteiger partial charge in [-0.2, -0.15) is 0 Å². The number of fused-ring (bicyclic) bond motifs is 1. The van der Waals surface area contributed by atoms with Crippen molar-refractivity contribution < 1.29 is 4.79 Å². The number of anilines is 1. The van der Waals surface area contributed by atoms with Crippen LogP contribution in [0.5, 0.6) is 0 Å². The highest BCUT2D eigenvalue weighted by atomic mass is 32.1. The van der Waals surface area contributed by atoms with Crippen LogP contribution in [0.25, 0.3) is 9.53 Å². The van der Waals surface area contributed by atoms with Gasteiger partial charge in [0.05, 0.1) is 16.1 Å². The molecule has 0 atom stereocenters. The second-order valence-corrected chi connectivity index (χ2v) is 8.42. The standard InChI is InChI=1S/C17H21N3OS3/c1-4-19(5-2)17-18-15-13(24-17)10-14(23-15)16(21)20(6-3)11-12-8-7-9-22-12/h7-10H,4-6,11H2,1-3H3. The number of hydrogen-bond acceptors (Lipinski definition) is 6. The van der Waals surface area contributed by atoms with E-state index >= 15 is 0 Å². The van der Waals surface area contributed by atoms with E-state index in [9.17, 15) is 4.79 Å². The molecule has 0 unspecified atom stereocenters. The van der Waals surface area contributed by atoms with Gasteiger partial charge in [-0.1, -0.05) is 17.4 Å². The molecule has 0 aliphatic rings. The van der Waals surface area contributed by atoms with Crippen LogP contribution in [0.2, 0.25) is 0 Å². The summed E-state index contributed by atoms with van der Waals surface area (Å²) in [6.07, 6.45) is 0. The van der Waals surface area contributed by atoms with Gasteiger partial charge in [-0.05, 0) is 38.3 Å². The van der Waals surface area contributed by atoms with Gasteiger partial charge in [0.1, 0.15) is 4.83 Å². The third-order valence-corrected chi connectivity index (χ3v) is 6.99. The van der Waals surface area contributed by atoms with E-state index in [0.717, 1.165) is 32.6 Å². The smallest absolute Gasteiger partial charge is 0.264 e. The van der Waals surface area contributed by atoms with E-state index in [4.69, 9.17) is 4.98 Å². The van der Waals surface area contributed by atoms with Crippen molar-refractivity contribution in [1.29, 1.82) is 0 Å². The zero-order valence-corrected chi connectivity index (χ0v) is 16.6. The van der Waals surface area contributed by atoms with Crippen molar-refractivity contribution in [2.24, 2.45) is 0 Å². The van der Waals surface area contributed by atoms with Crippen molar-refractivity contribution in [1.82, 2.24) is 9.88 Å². The number of rotatable bonds is 7. The molecule has 0 N–H and O–H groups in total. The number of nitrogens with zero attached hydrogens (tertiary/aromatic N) is 3. The minimum Gasteiger partial charge on any atom is -0.349 e. The molecule has 3 heterocycles. The third kappa shape index (κ3) is 3.48. The lowest BCUT2D eigenvalue weighted by Crippen LogP contribution is -2.29. The Labute approximate surface area is 154 Å². The summed E-state index contributed by atoms with van der Waals surface area (Å²) in [6, 6.07) is 6.10. The molecule has 0 aromatic carbocycles. The summed E-state index contributed by atoms with van der Waals surface area (Å²) in [6.45, 7) is 9.59. The third-order valence-electron chi connectivity index (χ3n) is 3.92. The second kappa shape index (κ2) is 7.63. The Morgan fingerprint density at radius 3 is 2.54 bits per heavy atom. The fourth-order valence-electron chi connectivity index (χ4n) is 2.53. The summed E-state index contributed by atoms with van der Waals surface area (Å²) >= 11 is 4.87. The lowest BCUT2D eigenvalue weighted by molar-refractivity contribution is 0.0759. The topological polar surface area (TPSA) is 36.4 Å². The Morgan fingerprint density at radius 1 is 1.17 bits per heavy atom. The van der Waals surface area contributed by atoms with Crippen LogP contribution in [0.3, 0.4) is 0 Å². The Morgan fingerprint density at radius 2 is 1.96 bits per heavy atom. The van der Waals surface area contributed by atoms with E-state index in [1.54, 1.807) is 22.7 Å². The number of thiazole rings is 1. The molecule has 0 spiro atoms. The van der Waals surface area contributed by atoms with Crippen LogP contribution in [0.1, 0.15) is 35.3 Å². The molecule has 3 aromatic heterocycles. The molecule has 0 saturated carbocycles. The fraction of sp³-hybridized carbons (Fsp3) is 0.412. The number of carbonyl (C=O) groups excluding carboxylic acids is 1. The molecule has 0 aliphatic carbocycles. The van der Waals surface area contributed by atoms with Gasteiger partial charge < -0.3 is 9.80 Å². The number of aromatic nitrogens is 1. The number of carbonyl (C=O) groups is 1. The monoisotopic (exact) mass is 379 g/mol. The van der Waals surface area contributed by atoms with E-state index in [1.807, 2.05) is 29.3 Å². The largest absolute Gasteiger partial charge is 0.349 e. The molecule has 1 amide bonds. The van der Waals surface area contributed by atoms with Gasteiger partial charge in [-0.15, -0.1) is 22.7 Å². The molecule has 0 saturated heterocycles. The second-order valence-electron chi connectivity index (χ2n) is 5.35. The quantitative estimate of drug-likeness (QED) is 0.584. The first-order valence-corrected chi connectivity index (χ1v) is 10.6. The first kappa shape index (κ1) is 17.4. The van der Waals surface area contributed by atoms with E-state index in [2.05, 4.69) is 24.8 Å². The summed E-state index contributed by atoms with van der Waals surface area (Å²) in [5.41, 5.74) is 0. The van der Waals surface area contributed by atoms with E-state index in [0.29, 0.717) is 13.1 Å². The van der Waals surface area contributed by atoms with E-state index < -0.39 is 0 Å². The zero-order chi connectivity index (χ0) is 17.1. The van der Waals surface area contributed by atoms with Crippen molar-refractivity contribution >= 4 is 54.6 Å². The van der Waals surface area contributed by atoms with Gasteiger partial charge in [0, 0.05) is 24.5 Å². The van der Waals surface area contributed by atoms with Crippen molar-refractivity contribution in [2.45, 2.75) is 27.3 Å². The normalized spacial score (nSPS) is 11.1. The molecule has 3 rings (SSSR count). The zero-order valence-electron chi connectivity index (χ0n) is 14.1. The van der Waals surface area contributed by atoms with Crippen LogP contribution in [-0.4, -0.2) is 35.4 Å².